The van der Waals surface area contributed by atoms with Gasteiger partial charge in [0.05, 0.1) is 7.11 Å². The molecule has 4 nitrogen and oxygen atoms in total. The maximum Gasteiger partial charge on any atom is 0.534 e. The minimum absolute atomic E-state index is 0.265. The van der Waals surface area contributed by atoms with E-state index in [9.17, 15) is 21.6 Å². The van der Waals surface area contributed by atoms with Crippen LogP contribution in [0.5, 0.6) is 11.5 Å². The molecule has 0 aliphatic rings. The van der Waals surface area contributed by atoms with Gasteiger partial charge in [-0.05, 0) is 47.0 Å². The van der Waals surface area contributed by atoms with Crippen molar-refractivity contribution in [2.75, 3.05) is 7.11 Å². The summed E-state index contributed by atoms with van der Waals surface area (Å²) in [5.41, 5.74) is -4.02. The molecule has 0 saturated heterocycles. The van der Waals surface area contributed by atoms with Gasteiger partial charge in [-0.3, -0.25) is 0 Å². The summed E-state index contributed by atoms with van der Waals surface area (Å²) in [6.45, 7) is 1.75. The van der Waals surface area contributed by atoms with Crippen molar-refractivity contribution < 1.29 is 30.5 Å². The van der Waals surface area contributed by atoms with E-state index in [4.69, 9.17) is 4.74 Å². The van der Waals surface area contributed by atoms with E-state index >= 15 is 0 Å². The minimum Gasteiger partial charge on any atom is -0.497 e. The van der Waals surface area contributed by atoms with Gasteiger partial charge in [-0.15, -0.1) is 0 Å². The second kappa shape index (κ2) is 6.77. The molecule has 0 N–H and O–H groups in total. The Morgan fingerprint density at radius 2 is 1.67 bits per heavy atom. The highest BCUT2D eigenvalue weighted by Gasteiger charge is 2.48. The maximum atomic E-state index is 12.8. The number of ether oxygens (including phenoxy) is 1. The molecule has 0 aromatic heterocycles. The van der Waals surface area contributed by atoms with Crippen molar-refractivity contribution >= 4 is 20.9 Å². The summed E-state index contributed by atoms with van der Waals surface area (Å²) in [4.78, 5) is 0. The largest absolute Gasteiger partial charge is 0.534 e. The lowest BCUT2D eigenvalue weighted by Gasteiger charge is -2.17. The second-order valence-electron chi connectivity index (χ2n) is 5.82. The van der Waals surface area contributed by atoms with Crippen LogP contribution >= 0.6 is 0 Å². The molecule has 3 rings (SSSR count). The summed E-state index contributed by atoms with van der Waals surface area (Å²) >= 11 is 0. The van der Waals surface area contributed by atoms with Crippen LogP contribution in [-0.4, -0.2) is 21.0 Å². The monoisotopic (exact) mass is 396 g/mol. The van der Waals surface area contributed by atoms with E-state index in [0.29, 0.717) is 22.3 Å². The Bertz CT molecular complexity index is 1110. The molecule has 0 bridgehead atoms. The van der Waals surface area contributed by atoms with Crippen molar-refractivity contribution in [3.63, 3.8) is 0 Å². The zero-order chi connectivity index (χ0) is 19.8. The van der Waals surface area contributed by atoms with Crippen LogP contribution in [-0.2, 0) is 10.1 Å². The molecular formula is C19H15F3O4S. The topological polar surface area (TPSA) is 52.6 Å². The average Bonchev–Trinajstić information content (AvgIpc) is 2.61. The molecule has 0 atom stereocenters. The van der Waals surface area contributed by atoms with Gasteiger partial charge in [0.1, 0.15) is 5.75 Å². The van der Waals surface area contributed by atoms with E-state index in [-0.39, 0.29) is 11.3 Å². The van der Waals surface area contributed by atoms with E-state index < -0.39 is 15.6 Å². The Labute approximate surface area is 154 Å². The summed E-state index contributed by atoms with van der Waals surface area (Å²) in [6, 6.07) is 14.7. The van der Waals surface area contributed by atoms with Crippen LogP contribution in [0.25, 0.3) is 21.9 Å². The van der Waals surface area contributed by atoms with Gasteiger partial charge >= 0.3 is 15.6 Å². The number of aryl methyl sites for hydroxylation is 1. The van der Waals surface area contributed by atoms with E-state index in [1.807, 2.05) is 0 Å². The van der Waals surface area contributed by atoms with E-state index in [1.54, 1.807) is 49.4 Å². The van der Waals surface area contributed by atoms with E-state index in [0.717, 1.165) is 5.39 Å². The van der Waals surface area contributed by atoms with Gasteiger partial charge in [-0.2, -0.15) is 21.6 Å². The van der Waals surface area contributed by atoms with Gasteiger partial charge in [0.25, 0.3) is 0 Å². The van der Waals surface area contributed by atoms with E-state index in [2.05, 4.69) is 4.18 Å². The van der Waals surface area contributed by atoms with Crippen LogP contribution in [0.15, 0.2) is 54.6 Å². The molecule has 0 amide bonds. The summed E-state index contributed by atoms with van der Waals surface area (Å²) in [5, 5.41) is 1.31. The third-order valence-electron chi connectivity index (χ3n) is 4.08. The predicted octanol–water partition coefficient (Wildman–Crippen LogP) is 5.05. The number of halogens is 3. The van der Waals surface area contributed by atoms with Crippen molar-refractivity contribution in [3.05, 3.63) is 60.2 Å². The lowest BCUT2D eigenvalue weighted by atomic mass is 9.94. The predicted molar refractivity (Wildman–Crippen MR) is 96.3 cm³/mol. The van der Waals surface area contributed by atoms with Crippen LogP contribution in [0.3, 0.4) is 0 Å². The Hall–Kier alpha value is -2.74. The van der Waals surface area contributed by atoms with Gasteiger partial charge in [-0.1, -0.05) is 36.4 Å². The number of fused-ring (bicyclic) bond motifs is 1. The molecule has 0 aliphatic carbocycles. The SMILES string of the molecule is COc1ccc(-c2c(OS(=O)(=O)C(F)(F)F)ccc3ccccc23)c(C)c1. The number of hydrogen-bond acceptors (Lipinski definition) is 4. The smallest absolute Gasteiger partial charge is 0.497 e. The van der Waals surface area contributed by atoms with Crippen LogP contribution in [0.4, 0.5) is 13.2 Å². The number of hydrogen-bond donors (Lipinski definition) is 0. The molecule has 3 aromatic carbocycles. The number of methoxy groups -OCH3 is 1. The van der Waals surface area contributed by atoms with Gasteiger partial charge < -0.3 is 8.92 Å². The molecule has 0 saturated carbocycles. The number of rotatable bonds is 4. The van der Waals surface area contributed by atoms with Crippen LogP contribution in [0, 0.1) is 6.92 Å². The van der Waals surface area contributed by atoms with Gasteiger partial charge in [-0.25, -0.2) is 0 Å². The summed E-state index contributed by atoms with van der Waals surface area (Å²) < 4.78 is 71.2. The molecule has 0 spiro atoms. The third-order valence-corrected chi connectivity index (χ3v) is 5.04. The van der Waals surface area contributed by atoms with Gasteiger partial charge in [0, 0.05) is 5.56 Å². The Kier molecular flexibility index (Phi) is 4.77. The molecule has 0 heterocycles. The number of alkyl halides is 3. The zero-order valence-corrected chi connectivity index (χ0v) is 15.2. The third kappa shape index (κ3) is 3.57. The van der Waals surface area contributed by atoms with Crippen molar-refractivity contribution in [2.24, 2.45) is 0 Å². The fourth-order valence-corrected chi connectivity index (χ4v) is 3.28. The van der Waals surface area contributed by atoms with Crippen LogP contribution in [0.2, 0.25) is 0 Å². The van der Waals surface area contributed by atoms with Crippen molar-refractivity contribution in [2.45, 2.75) is 12.4 Å². The quantitative estimate of drug-likeness (QED) is 0.457. The second-order valence-corrected chi connectivity index (χ2v) is 7.36. The lowest BCUT2D eigenvalue weighted by molar-refractivity contribution is -0.0499. The Morgan fingerprint density at radius 3 is 2.30 bits per heavy atom. The molecule has 0 radical (unpaired) electrons. The van der Waals surface area contributed by atoms with Gasteiger partial charge in [0.2, 0.25) is 0 Å². The minimum atomic E-state index is -5.80. The highest BCUT2D eigenvalue weighted by atomic mass is 32.2. The van der Waals surface area contributed by atoms with Gasteiger partial charge in [0.15, 0.2) is 5.75 Å². The maximum absolute atomic E-state index is 12.8. The first-order valence-electron chi connectivity index (χ1n) is 7.81. The lowest BCUT2D eigenvalue weighted by Crippen LogP contribution is -2.28. The first-order valence-corrected chi connectivity index (χ1v) is 9.22. The van der Waals surface area contributed by atoms with Crippen molar-refractivity contribution in [3.8, 4) is 22.6 Å². The molecule has 27 heavy (non-hydrogen) atoms. The summed E-state index contributed by atoms with van der Waals surface area (Å²) in [7, 11) is -4.30. The number of benzene rings is 3. The highest BCUT2D eigenvalue weighted by molar-refractivity contribution is 7.88. The van der Waals surface area contributed by atoms with Crippen LogP contribution in [0.1, 0.15) is 5.56 Å². The fourth-order valence-electron chi connectivity index (χ4n) is 2.81. The molecule has 142 valence electrons. The van der Waals surface area contributed by atoms with Crippen LogP contribution < -0.4 is 8.92 Å². The first-order chi connectivity index (χ1) is 12.6. The van der Waals surface area contributed by atoms with Crippen molar-refractivity contribution in [1.29, 1.82) is 0 Å². The summed E-state index contributed by atoms with van der Waals surface area (Å²) in [5.74, 6) is 0.182. The van der Waals surface area contributed by atoms with E-state index in [1.165, 1.54) is 19.2 Å². The summed E-state index contributed by atoms with van der Waals surface area (Å²) in [6.07, 6.45) is 0. The van der Waals surface area contributed by atoms with Crippen molar-refractivity contribution in [1.82, 2.24) is 0 Å². The zero-order valence-electron chi connectivity index (χ0n) is 14.4. The molecule has 0 fully saturated rings. The Morgan fingerprint density at radius 1 is 0.963 bits per heavy atom. The first kappa shape index (κ1) is 19.0. The normalized spacial score (nSPS) is 12.2. The standard InChI is InChI=1S/C19H15F3O4S/c1-12-11-14(25-2)8-9-15(12)18-16-6-4-3-5-13(16)7-10-17(18)26-27(23,24)19(20,21)22/h3-11H,1-2H3. The molecule has 0 unspecified atom stereocenters. The average molecular weight is 396 g/mol. The molecule has 8 heteroatoms. The molecule has 3 aromatic rings. The molecule has 0 aliphatic heterocycles. The molecular weight excluding hydrogens is 381 g/mol. The highest BCUT2D eigenvalue weighted by Crippen LogP contribution is 2.41. The fraction of sp³-hybridized carbons (Fsp3) is 0.158. The Balaban J connectivity index is 2.29.